The summed E-state index contributed by atoms with van der Waals surface area (Å²) in [7, 11) is 0. The van der Waals surface area contributed by atoms with Gasteiger partial charge >= 0.3 is 0 Å². The highest BCUT2D eigenvalue weighted by atomic mass is 16.5. The standard InChI is InChI=1S/C12H22N2O/c1-2-14-12(9-13)7-8-15-10-11-5-3-4-6-11/h11-12,14H,2-8,10H2,1H3. The summed E-state index contributed by atoms with van der Waals surface area (Å²) in [5, 5.41) is 11.9. The predicted octanol–water partition coefficient (Wildman–Crippen LogP) is 2.08. The van der Waals surface area contributed by atoms with Gasteiger partial charge in [-0.2, -0.15) is 5.26 Å². The highest BCUT2D eigenvalue weighted by Gasteiger charge is 2.14. The van der Waals surface area contributed by atoms with Crippen LogP contribution in [0.15, 0.2) is 0 Å². The second-order valence-corrected chi connectivity index (χ2v) is 4.25. The van der Waals surface area contributed by atoms with E-state index in [1.54, 1.807) is 0 Å². The highest BCUT2D eigenvalue weighted by Crippen LogP contribution is 2.24. The Hall–Kier alpha value is -0.590. The molecule has 1 rings (SSSR count). The Morgan fingerprint density at radius 3 is 2.80 bits per heavy atom. The SMILES string of the molecule is CCNC(C#N)CCOCC1CCCC1. The summed E-state index contributed by atoms with van der Waals surface area (Å²) in [6, 6.07) is 2.20. The minimum atomic E-state index is -0.0430. The van der Waals surface area contributed by atoms with Crippen molar-refractivity contribution in [2.75, 3.05) is 19.8 Å². The van der Waals surface area contributed by atoms with Crippen LogP contribution in [0.4, 0.5) is 0 Å². The molecular formula is C12H22N2O. The van der Waals surface area contributed by atoms with Gasteiger partial charge in [0.1, 0.15) is 0 Å². The molecule has 3 nitrogen and oxygen atoms in total. The molecule has 0 aromatic heterocycles. The third-order valence-corrected chi connectivity index (χ3v) is 2.99. The maximum atomic E-state index is 8.80. The van der Waals surface area contributed by atoms with Crippen molar-refractivity contribution in [2.45, 2.75) is 45.1 Å². The van der Waals surface area contributed by atoms with E-state index in [2.05, 4.69) is 11.4 Å². The molecule has 15 heavy (non-hydrogen) atoms. The average molecular weight is 210 g/mol. The molecule has 0 bridgehead atoms. The number of rotatable bonds is 7. The zero-order chi connectivity index (χ0) is 10.9. The van der Waals surface area contributed by atoms with Crippen molar-refractivity contribution >= 4 is 0 Å². The van der Waals surface area contributed by atoms with Crippen molar-refractivity contribution in [3.8, 4) is 6.07 Å². The predicted molar refractivity (Wildman–Crippen MR) is 60.5 cm³/mol. The molecule has 1 saturated carbocycles. The first-order valence-electron chi connectivity index (χ1n) is 6.07. The topological polar surface area (TPSA) is 45.0 Å². The zero-order valence-electron chi connectivity index (χ0n) is 9.67. The zero-order valence-corrected chi connectivity index (χ0v) is 9.67. The molecule has 0 spiro atoms. The molecule has 1 aliphatic carbocycles. The van der Waals surface area contributed by atoms with Gasteiger partial charge in [-0.1, -0.05) is 19.8 Å². The molecular weight excluding hydrogens is 188 g/mol. The lowest BCUT2D eigenvalue weighted by atomic mass is 10.1. The normalized spacial score (nSPS) is 18.9. The van der Waals surface area contributed by atoms with Gasteiger partial charge in [-0.3, -0.25) is 0 Å². The van der Waals surface area contributed by atoms with Gasteiger partial charge in [-0.15, -0.1) is 0 Å². The van der Waals surface area contributed by atoms with Gasteiger partial charge in [0.25, 0.3) is 0 Å². The average Bonchev–Trinajstić information content (AvgIpc) is 2.75. The smallest absolute Gasteiger partial charge is 0.0974 e. The summed E-state index contributed by atoms with van der Waals surface area (Å²) >= 11 is 0. The summed E-state index contributed by atoms with van der Waals surface area (Å²) in [5.74, 6) is 0.782. The van der Waals surface area contributed by atoms with Gasteiger partial charge in [-0.25, -0.2) is 0 Å². The molecule has 0 aromatic carbocycles. The second-order valence-electron chi connectivity index (χ2n) is 4.25. The van der Waals surface area contributed by atoms with Gasteiger partial charge in [0, 0.05) is 13.2 Å². The van der Waals surface area contributed by atoms with Crippen LogP contribution in [0.5, 0.6) is 0 Å². The third-order valence-electron chi connectivity index (χ3n) is 2.99. The Bertz CT molecular complexity index is 194. The van der Waals surface area contributed by atoms with Crippen LogP contribution in [-0.4, -0.2) is 25.8 Å². The van der Waals surface area contributed by atoms with Gasteiger partial charge < -0.3 is 10.1 Å². The first-order valence-corrected chi connectivity index (χ1v) is 6.07. The van der Waals surface area contributed by atoms with Crippen LogP contribution in [-0.2, 0) is 4.74 Å². The fraction of sp³-hybridized carbons (Fsp3) is 0.917. The van der Waals surface area contributed by atoms with Crippen LogP contribution < -0.4 is 5.32 Å². The minimum absolute atomic E-state index is 0.0430. The summed E-state index contributed by atoms with van der Waals surface area (Å²) in [5.41, 5.74) is 0. The summed E-state index contributed by atoms with van der Waals surface area (Å²) < 4.78 is 5.61. The lowest BCUT2D eigenvalue weighted by molar-refractivity contribution is 0.0964. The Morgan fingerprint density at radius 1 is 1.47 bits per heavy atom. The third kappa shape index (κ3) is 5.15. The van der Waals surface area contributed by atoms with Crippen molar-refractivity contribution in [3.05, 3.63) is 0 Å². The molecule has 3 heteroatoms. The molecule has 1 fully saturated rings. The molecule has 0 saturated heterocycles. The Balaban J connectivity index is 1.97. The summed E-state index contributed by atoms with van der Waals surface area (Å²) in [4.78, 5) is 0. The molecule has 0 aliphatic heterocycles. The van der Waals surface area contributed by atoms with Crippen LogP contribution in [0.1, 0.15) is 39.0 Å². The minimum Gasteiger partial charge on any atom is -0.381 e. The first kappa shape index (κ1) is 12.5. The monoisotopic (exact) mass is 210 g/mol. The quantitative estimate of drug-likeness (QED) is 0.654. The number of nitrogens with zero attached hydrogens (tertiary/aromatic N) is 1. The van der Waals surface area contributed by atoms with Crippen LogP contribution in [0.2, 0.25) is 0 Å². The summed E-state index contributed by atoms with van der Waals surface area (Å²) in [6.07, 6.45) is 6.19. The number of hydrogen-bond donors (Lipinski definition) is 1. The lowest BCUT2D eigenvalue weighted by Gasteiger charge is -2.12. The van der Waals surface area contributed by atoms with Crippen molar-refractivity contribution in [1.82, 2.24) is 5.32 Å². The maximum absolute atomic E-state index is 8.80. The van der Waals surface area contributed by atoms with Crippen LogP contribution in [0, 0.1) is 17.2 Å². The maximum Gasteiger partial charge on any atom is 0.0974 e. The van der Waals surface area contributed by atoms with Crippen LogP contribution in [0.25, 0.3) is 0 Å². The van der Waals surface area contributed by atoms with Crippen molar-refractivity contribution in [2.24, 2.45) is 5.92 Å². The summed E-state index contributed by atoms with van der Waals surface area (Å²) in [6.45, 7) is 4.47. The van der Waals surface area contributed by atoms with E-state index in [0.29, 0.717) is 6.61 Å². The second kappa shape index (κ2) is 7.67. The van der Waals surface area contributed by atoms with E-state index in [9.17, 15) is 0 Å². The Kier molecular flexibility index (Phi) is 6.38. The molecule has 86 valence electrons. The van der Waals surface area contributed by atoms with Gasteiger partial charge in [-0.05, 0) is 31.7 Å². The van der Waals surface area contributed by atoms with E-state index in [1.807, 2.05) is 6.92 Å². The van der Waals surface area contributed by atoms with E-state index in [0.717, 1.165) is 25.5 Å². The molecule has 0 aromatic rings. The molecule has 1 atom stereocenters. The fourth-order valence-electron chi connectivity index (χ4n) is 2.09. The number of nitriles is 1. The van der Waals surface area contributed by atoms with Crippen molar-refractivity contribution in [1.29, 1.82) is 5.26 Å². The number of nitrogens with one attached hydrogen (secondary N) is 1. The van der Waals surface area contributed by atoms with Gasteiger partial charge in [0.2, 0.25) is 0 Å². The Morgan fingerprint density at radius 2 is 2.20 bits per heavy atom. The van der Waals surface area contributed by atoms with Crippen LogP contribution >= 0.6 is 0 Å². The molecule has 1 aliphatic rings. The molecule has 0 amide bonds. The molecule has 1 N–H and O–H groups in total. The molecule has 0 radical (unpaired) electrons. The van der Waals surface area contributed by atoms with Crippen molar-refractivity contribution in [3.63, 3.8) is 0 Å². The fourth-order valence-corrected chi connectivity index (χ4v) is 2.09. The number of hydrogen-bond acceptors (Lipinski definition) is 3. The lowest BCUT2D eigenvalue weighted by Crippen LogP contribution is -2.28. The van der Waals surface area contributed by atoms with Crippen LogP contribution in [0.3, 0.4) is 0 Å². The van der Waals surface area contributed by atoms with Crippen molar-refractivity contribution < 1.29 is 4.74 Å². The Labute approximate surface area is 92.8 Å². The molecule has 0 heterocycles. The van der Waals surface area contributed by atoms with E-state index < -0.39 is 0 Å². The van der Waals surface area contributed by atoms with Gasteiger partial charge in [0.15, 0.2) is 0 Å². The van der Waals surface area contributed by atoms with E-state index in [1.165, 1.54) is 25.7 Å². The van der Waals surface area contributed by atoms with E-state index in [-0.39, 0.29) is 6.04 Å². The highest BCUT2D eigenvalue weighted by molar-refractivity contribution is 4.88. The largest absolute Gasteiger partial charge is 0.381 e. The molecule has 1 unspecified atom stereocenters. The number of ether oxygens (including phenoxy) is 1. The van der Waals surface area contributed by atoms with E-state index in [4.69, 9.17) is 10.00 Å². The van der Waals surface area contributed by atoms with E-state index >= 15 is 0 Å². The van der Waals surface area contributed by atoms with Gasteiger partial charge in [0.05, 0.1) is 12.1 Å². The first-order chi connectivity index (χ1) is 7.36.